The van der Waals surface area contributed by atoms with Crippen molar-refractivity contribution >= 4 is 22.8 Å². The van der Waals surface area contributed by atoms with Gasteiger partial charge in [-0.2, -0.15) is 5.26 Å². The Kier molecular flexibility index (Phi) is 8.07. The number of furan rings is 1. The lowest BCUT2D eigenvalue weighted by Gasteiger charge is -2.23. The van der Waals surface area contributed by atoms with Gasteiger partial charge in [0.05, 0.1) is 38.0 Å². The van der Waals surface area contributed by atoms with E-state index in [2.05, 4.69) is 16.0 Å². The van der Waals surface area contributed by atoms with Crippen molar-refractivity contribution in [3.05, 3.63) is 59.9 Å². The van der Waals surface area contributed by atoms with Crippen molar-refractivity contribution in [3.63, 3.8) is 0 Å². The Morgan fingerprint density at radius 2 is 1.93 bits per heavy atom. The van der Waals surface area contributed by atoms with Crippen LogP contribution in [0, 0.1) is 17.2 Å². The first-order valence-corrected chi connectivity index (χ1v) is 14.5. The molecule has 0 spiro atoms. The molecule has 0 saturated carbocycles. The van der Waals surface area contributed by atoms with Crippen LogP contribution >= 0.6 is 0 Å². The van der Waals surface area contributed by atoms with E-state index in [9.17, 15) is 14.9 Å². The third kappa shape index (κ3) is 5.94. The molecule has 220 valence electrons. The van der Waals surface area contributed by atoms with Crippen molar-refractivity contribution in [2.45, 2.75) is 38.7 Å². The number of hydrogen-bond donors (Lipinski definition) is 0. The molecule has 1 atom stereocenters. The Labute approximate surface area is 249 Å². The van der Waals surface area contributed by atoms with Gasteiger partial charge in [0.1, 0.15) is 34.9 Å². The predicted molar refractivity (Wildman–Crippen MR) is 158 cm³/mol. The molecule has 10 nitrogen and oxygen atoms in total. The minimum Gasteiger partial charge on any atom is -0.494 e. The van der Waals surface area contributed by atoms with E-state index in [-0.39, 0.29) is 30.3 Å². The minimum atomic E-state index is -0.259. The molecule has 1 aromatic carbocycles. The van der Waals surface area contributed by atoms with E-state index in [1.807, 2.05) is 25.1 Å². The summed E-state index contributed by atoms with van der Waals surface area (Å²) in [5.41, 5.74) is 3.87. The molecule has 1 unspecified atom stereocenters. The van der Waals surface area contributed by atoms with Gasteiger partial charge >= 0.3 is 0 Å². The van der Waals surface area contributed by atoms with E-state index >= 15 is 0 Å². The lowest BCUT2D eigenvalue weighted by molar-refractivity contribution is -0.119. The molecule has 43 heavy (non-hydrogen) atoms. The number of nitriles is 1. The first-order chi connectivity index (χ1) is 20.9. The summed E-state index contributed by atoms with van der Waals surface area (Å²) >= 11 is 0. The highest BCUT2D eigenvalue weighted by molar-refractivity contribution is 5.98. The number of benzene rings is 1. The van der Waals surface area contributed by atoms with Gasteiger partial charge in [-0.1, -0.05) is 13.0 Å². The zero-order valence-corrected chi connectivity index (χ0v) is 24.2. The van der Waals surface area contributed by atoms with Crippen LogP contribution in [0.5, 0.6) is 11.5 Å². The molecule has 0 radical (unpaired) electrons. The van der Waals surface area contributed by atoms with Crippen LogP contribution in [0.1, 0.15) is 48.5 Å². The smallest absolute Gasteiger partial charge is 0.255 e. The standard InChI is InChI=1S/C33H32N4O6/c1-20-3-5-24(38)19-37(18-20)33(39)23-14-29(40-2)31(36-17-23)30-15-27-32(43-30)26(7-10-35-27)21-4-6-28(22(13-21)16-34)42-25-8-11-41-12-9-25/h4,6-7,10,13-15,17,20,25H,3,5,8-9,11-12,18-19H2,1-2H3. The summed E-state index contributed by atoms with van der Waals surface area (Å²) in [5.74, 6) is 1.37. The molecule has 10 heteroatoms. The molecule has 0 aliphatic carbocycles. The fourth-order valence-electron chi connectivity index (χ4n) is 5.61. The highest BCUT2D eigenvalue weighted by atomic mass is 16.5. The lowest BCUT2D eigenvalue weighted by Crippen LogP contribution is -2.36. The maximum absolute atomic E-state index is 13.3. The van der Waals surface area contributed by atoms with Crippen LogP contribution in [-0.4, -0.2) is 66.1 Å². The second-order valence-corrected chi connectivity index (χ2v) is 11.1. The average molecular weight is 581 g/mol. The SMILES string of the molecule is COc1cc(C(=O)N2CC(=O)CCC(C)C2)cnc1-c1cc2nccc(-c3ccc(OC4CCOCC4)c(C#N)c3)c2o1. The van der Waals surface area contributed by atoms with Gasteiger partial charge in [0, 0.05) is 49.8 Å². The fourth-order valence-corrected chi connectivity index (χ4v) is 5.61. The number of methoxy groups -OCH3 is 1. The van der Waals surface area contributed by atoms with Crippen LogP contribution in [0.2, 0.25) is 0 Å². The lowest BCUT2D eigenvalue weighted by atomic mass is 10.0. The second kappa shape index (κ2) is 12.2. The third-order valence-electron chi connectivity index (χ3n) is 7.94. The first-order valence-electron chi connectivity index (χ1n) is 14.5. The maximum Gasteiger partial charge on any atom is 0.255 e. The van der Waals surface area contributed by atoms with Crippen molar-refractivity contribution in [2.75, 3.05) is 33.4 Å². The van der Waals surface area contributed by atoms with Gasteiger partial charge in [0.2, 0.25) is 0 Å². The van der Waals surface area contributed by atoms with Gasteiger partial charge in [0.15, 0.2) is 17.1 Å². The minimum absolute atomic E-state index is 0.0199. The van der Waals surface area contributed by atoms with Gasteiger partial charge in [-0.3, -0.25) is 14.6 Å². The Bertz CT molecular complexity index is 1720. The largest absolute Gasteiger partial charge is 0.494 e. The molecular formula is C33H32N4O6. The van der Waals surface area contributed by atoms with E-state index in [0.717, 1.165) is 30.4 Å². The molecule has 3 aromatic heterocycles. The second-order valence-electron chi connectivity index (χ2n) is 11.1. The van der Waals surface area contributed by atoms with Crippen LogP contribution in [0.4, 0.5) is 0 Å². The van der Waals surface area contributed by atoms with Crippen molar-refractivity contribution < 1.29 is 28.2 Å². The first kappa shape index (κ1) is 28.4. The Hall–Kier alpha value is -4.75. The topological polar surface area (TPSA) is 128 Å². The molecule has 2 aliphatic heterocycles. The average Bonchev–Trinajstić information content (AvgIpc) is 3.40. The molecule has 2 saturated heterocycles. The summed E-state index contributed by atoms with van der Waals surface area (Å²) in [6.07, 6.45) is 6.03. The number of amides is 1. The number of ether oxygens (including phenoxy) is 3. The number of likely N-dealkylation sites (tertiary alicyclic amines) is 1. The van der Waals surface area contributed by atoms with Crippen molar-refractivity contribution in [1.29, 1.82) is 5.26 Å². The van der Waals surface area contributed by atoms with E-state index in [4.69, 9.17) is 18.6 Å². The summed E-state index contributed by atoms with van der Waals surface area (Å²) in [6, 6.07) is 13.0. The fraction of sp³-hybridized carbons (Fsp3) is 0.364. The third-order valence-corrected chi connectivity index (χ3v) is 7.94. The number of Topliss-reactive ketones (excluding diaryl/α,β-unsaturated/α-hetero) is 1. The summed E-state index contributed by atoms with van der Waals surface area (Å²) in [7, 11) is 1.51. The van der Waals surface area contributed by atoms with Crippen LogP contribution in [-0.2, 0) is 9.53 Å². The maximum atomic E-state index is 13.3. The van der Waals surface area contributed by atoms with E-state index in [1.165, 1.54) is 13.3 Å². The molecule has 6 rings (SSSR count). The molecule has 5 heterocycles. The Balaban J connectivity index is 1.30. The van der Waals surface area contributed by atoms with Gasteiger partial charge in [0.25, 0.3) is 5.91 Å². The van der Waals surface area contributed by atoms with Crippen LogP contribution < -0.4 is 9.47 Å². The number of ketones is 1. The molecule has 1 amide bonds. The summed E-state index contributed by atoms with van der Waals surface area (Å²) < 4.78 is 23.5. The number of pyridine rings is 2. The quantitative estimate of drug-likeness (QED) is 0.293. The number of nitrogens with zero attached hydrogens (tertiary/aromatic N) is 4. The molecule has 0 bridgehead atoms. The summed E-state index contributed by atoms with van der Waals surface area (Å²) in [4.78, 5) is 36.1. The number of rotatable bonds is 6. The number of carbonyl (C=O) groups excluding carboxylic acids is 2. The number of hydrogen-bond acceptors (Lipinski definition) is 9. The highest BCUT2D eigenvalue weighted by Crippen LogP contribution is 2.38. The van der Waals surface area contributed by atoms with Crippen molar-refractivity contribution in [1.82, 2.24) is 14.9 Å². The van der Waals surface area contributed by atoms with Gasteiger partial charge < -0.3 is 23.5 Å². The molecule has 0 N–H and O–H groups in total. The van der Waals surface area contributed by atoms with Crippen LogP contribution in [0.25, 0.3) is 33.7 Å². The number of carbonyl (C=O) groups is 2. The zero-order valence-electron chi connectivity index (χ0n) is 24.2. The number of aromatic nitrogens is 2. The van der Waals surface area contributed by atoms with Crippen molar-refractivity contribution in [2.24, 2.45) is 5.92 Å². The highest BCUT2D eigenvalue weighted by Gasteiger charge is 2.26. The molecule has 2 fully saturated rings. The van der Waals surface area contributed by atoms with E-state index in [0.29, 0.717) is 71.4 Å². The Morgan fingerprint density at radius 3 is 2.72 bits per heavy atom. The van der Waals surface area contributed by atoms with Crippen LogP contribution in [0.3, 0.4) is 0 Å². The normalized spacial score (nSPS) is 17.8. The van der Waals surface area contributed by atoms with Crippen LogP contribution in [0.15, 0.2) is 53.2 Å². The molecule has 4 aromatic rings. The molecule has 2 aliphatic rings. The number of fused-ring (bicyclic) bond motifs is 1. The Morgan fingerprint density at radius 1 is 1.09 bits per heavy atom. The monoisotopic (exact) mass is 580 g/mol. The summed E-state index contributed by atoms with van der Waals surface area (Å²) in [5, 5.41) is 9.87. The zero-order chi connectivity index (χ0) is 29.9. The van der Waals surface area contributed by atoms with Crippen molar-refractivity contribution in [3.8, 4) is 40.1 Å². The molecular weight excluding hydrogens is 548 g/mol. The van der Waals surface area contributed by atoms with Gasteiger partial charge in [-0.15, -0.1) is 0 Å². The van der Waals surface area contributed by atoms with E-state index in [1.54, 1.807) is 29.3 Å². The van der Waals surface area contributed by atoms with E-state index < -0.39 is 0 Å². The summed E-state index contributed by atoms with van der Waals surface area (Å²) in [6.45, 7) is 3.96. The predicted octanol–water partition coefficient (Wildman–Crippen LogP) is 5.44. The van der Waals surface area contributed by atoms with Gasteiger partial charge in [-0.25, -0.2) is 4.98 Å². The van der Waals surface area contributed by atoms with Gasteiger partial charge in [-0.05, 0) is 42.2 Å².